The minimum absolute atomic E-state index is 0.00412. The Labute approximate surface area is 400 Å². The van der Waals surface area contributed by atoms with Gasteiger partial charge in [0, 0.05) is 55.9 Å². The molecule has 6 N–H and O–H groups in total. The molecule has 388 valence electrons. The molecule has 0 radical (unpaired) electrons. The van der Waals surface area contributed by atoms with Crippen LogP contribution in [-0.4, -0.2) is 187 Å². The van der Waals surface area contributed by atoms with Crippen molar-refractivity contribution in [2.24, 2.45) is 23.7 Å². The molecule has 3 saturated heterocycles. The number of ether oxygens (including phenoxy) is 9. The molecule has 0 aromatic heterocycles. The van der Waals surface area contributed by atoms with Crippen molar-refractivity contribution in [1.82, 2.24) is 10.2 Å². The van der Waals surface area contributed by atoms with Gasteiger partial charge in [0.05, 0.1) is 69.0 Å². The third-order valence-electron chi connectivity index (χ3n) is 14.3. The Morgan fingerprint density at radius 2 is 1.44 bits per heavy atom. The molecule has 8 unspecified atom stereocenters. The molecule has 3 aliphatic rings. The normalized spacial score (nSPS) is 39.9. The predicted octanol–water partition coefficient (Wildman–Crippen LogP) is 1.79. The van der Waals surface area contributed by atoms with Crippen molar-refractivity contribution in [3.05, 3.63) is 17.7 Å². The molecule has 68 heavy (non-hydrogen) atoms. The van der Waals surface area contributed by atoms with Gasteiger partial charge in [0.25, 0.3) is 5.91 Å². The second-order valence-corrected chi connectivity index (χ2v) is 19.9. The van der Waals surface area contributed by atoms with E-state index in [2.05, 4.69) is 5.32 Å². The highest BCUT2D eigenvalue weighted by Gasteiger charge is 2.54. The van der Waals surface area contributed by atoms with Crippen molar-refractivity contribution in [1.29, 1.82) is 0 Å². The van der Waals surface area contributed by atoms with Gasteiger partial charge in [0.2, 0.25) is 11.5 Å². The molecule has 4 rings (SSSR count). The molecule has 18 atom stereocenters. The molecule has 0 saturated carbocycles. The summed E-state index contributed by atoms with van der Waals surface area (Å²) in [6.45, 7) is 13.6. The zero-order valence-electron chi connectivity index (χ0n) is 42.3. The highest BCUT2D eigenvalue weighted by atomic mass is 16.7. The lowest BCUT2D eigenvalue weighted by Gasteiger charge is -2.49. The van der Waals surface area contributed by atoms with Crippen LogP contribution in [0.1, 0.15) is 98.4 Å². The van der Waals surface area contributed by atoms with E-state index in [1.165, 1.54) is 68.3 Å². The summed E-state index contributed by atoms with van der Waals surface area (Å²) >= 11 is 0. The van der Waals surface area contributed by atoms with E-state index in [0.29, 0.717) is 6.42 Å². The number of amides is 1. The van der Waals surface area contributed by atoms with Crippen LogP contribution < -0.4 is 19.5 Å². The van der Waals surface area contributed by atoms with Crippen molar-refractivity contribution in [3.63, 3.8) is 0 Å². The van der Waals surface area contributed by atoms with Crippen LogP contribution >= 0.6 is 0 Å². The highest BCUT2D eigenvalue weighted by Crippen LogP contribution is 2.42. The number of aliphatic hydroxyl groups is 5. The molecule has 3 aliphatic heterocycles. The minimum Gasteiger partial charge on any atom is -0.493 e. The Morgan fingerprint density at radius 3 is 1.99 bits per heavy atom. The molecule has 3 heterocycles. The van der Waals surface area contributed by atoms with E-state index in [9.17, 15) is 44.7 Å². The second-order valence-electron chi connectivity index (χ2n) is 19.9. The third kappa shape index (κ3) is 12.5. The van der Waals surface area contributed by atoms with E-state index in [4.69, 9.17) is 42.6 Å². The van der Waals surface area contributed by atoms with E-state index < -0.39 is 125 Å². The first-order valence-electron chi connectivity index (χ1n) is 23.3. The number of esters is 1. The summed E-state index contributed by atoms with van der Waals surface area (Å²) in [5, 5.41) is 61.7. The van der Waals surface area contributed by atoms with Gasteiger partial charge in [-0.15, -0.1) is 0 Å². The number of rotatable bonds is 14. The first kappa shape index (κ1) is 57.0. The maximum absolute atomic E-state index is 14.7. The van der Waals surface area contributed by atoms with Gasteiger partial charge in [0.15, 0.2) is 24.1 Å². The zero-order valence-corrected chi connectivity index (χ0v) is 42.3. The van der Waals surface area contributed by atoms with Crippen LogP contribution in [0.5, 0.6) is 17.2 Å². The molecular weight excluding hydrogens is 893 g/mol. The number of likely N-dealkylation sites (N-methyl/N-ethyl adjacent to an activating group) is 1. The molecule has 0 aliphatic carbocycles. The topological polar surface area (TPSA) is 268 Å². The predicted molar refractivity (Wildman–Crippen MR) is 244 cm³/mol. The molecule has 20 heteroatoms. The van der Waals surface area contributed by atoms with Crippen LogP contribution in [0.4, 0.5) is 0 Å². The number of hydrogen-bond acceptors (Lipinski definition) is 19. The van der Waals surface area contributed by atoms with Crippen LogP contribution in [-0.2, 0) is 42.8 Å². The van der Waals surface area contributed by atoms with Crippen LogP contribution in [0.2, 0.25) is 0 Å². The summed E-state index contributed by atoms with van der Waals surface area (Å²) in [6.07, 6.45) is -12.0. The largest absolute Gasteiger partial charge is 0.493 e. The molecule has 1 aromatic carbocycles. The fourth-order valence-electron chi connectivity index (χ4n) is 10.0. The fraction of sp³-hybridized carbons (Fsp3) is 0.792. The monoisotopic (exact) mass is 971 g/mol. The van der Waals surface area contributed by atoms with Gasteiger partial charge in [-0.3, -0.25) is 19.2 Å². The molecule has 0 bridgehead atoms. The average Bonchev–Trinajstić information content (AvgIpc) is 3.29. The van der Waals surface area contributed by atoms with Crippen LogP contribution in [0.3, 0.4) is 0 Å². The molecule has 1 amide bonds. The maximum Gasteiger partial charge on any atom is 0.311 e. The number of carbonyl (C=O) groups is 4. The number of ketones is 2. The SMILES string of the molecule is COc1cc(C(=O)C(=O)NCC[C@H]2OC(=O)[C@H](C)[C@@H](OC3CC(C)(OC)C(O)C(C)O3)[C@H](C)[C@@H](OC3OC(C)CC(N(C)C)C3O)[C@](C)(O)C[C@@H](C)C(=O)[C@H](C)[C@@H](O)[C@]2(C)O)cc(OC)c1OC. The summed E-state index contributed by atoms with van der Waals surface area (Å²) in [4.78, 5) is 57.5. The number of carbonyl (C=O) groups excluding carboxylic acids is 4. The number of nitrogens with one attached hydrogen (secondary N) is 1. The van der Waals surface area contributed by atoms with Gasteiger partial charge in [-0.2, -0.15) is 0 Å². The standard InChI is InChI=1S/C48H78N2O18/c1-23-21-46(7,58)42(68-45-37(53)30(50(10)11)18-24(2)64-45)26(4)38(67-34-22-47(8,63-15)41(55)28(6)65-34)27(5)44(57)66-33(48(9,59)40(54)25(3)35(23)51)16-17-49-43(56)36(52)29-19-31(60-12)39(62-14)32(20-29)61-13/h19-20,23-28,30,33-34,37-38,40-42,45,53-55,58-59H,16-18,21-22H2,1-15H3,(H,49,56)/t23-,24?,25+,26+,27-,28?,30?,33-,34?,37?,38+,40-,41?,42-,45?,46-,47?,48-/m1/s1. The van der Waals surface area contributed by atoms with E-state index in [1.807, 2.05) is 25.9 Å². The van der Waals surface area contributed by atoms with Gasteiger partial charge in [-0.25, -0.2) is 0 Å². The molecular formula is C48H78N2O18. The van der Waals surface area contributed by atoms with Gasteiger partial charge in [-0.1, -0.05) is 20.8 Å². The average molecular weight is 971 g/mol. The Kier molecular flexibility index (Phi) is 19.4. The second kappa shape index (κ2) is 23.1. The Morgan fingerprint density at radius 1 is 0.838 bits per heavy atom. The van der Waals surface area contributed by atoms with Crippen LogP contribution in [0.25, 0.3) is 0 Å². The first-order valence-corrected chi connectivity index (χ1v) is 23.3. The summed E-state index contributed by atoms with van der Waals surface area (Å²) in [7, 11) is 9.16. The highest BCUT2D eigenvalue weighted by molar-refractivity contribution is 6.43. The summed E-state index contributed by atoms with van der Waals surface area (Å²) in [5.74, 6) is -7.61. The number of aliphatic hydroxyl groups excluding tert-OH is 3. The number of methoxy groups -OCH3 is 4. The van der Waals surface area contributed by atoms with E-state index >= 15 is 0 Å². The lowest BCUT2D eigenvalue weighted by molar-refractivity contribution is -0.318. The smallest absolute Gasteiger partial charge is 0.311 e. The summed E-state index contributed by atoms with van der Waals surface area (Å²) in [6, 6.07) is 2.21. The summed E-state index contributed by atoms with van der Waals surface area (Å²) in [5.41, 5.74) is -5.50. The van der Waals surface area contributed by atoms with Crippen molar-refractivity contribution in [3.8, 4) is 17.2 Å². The number of hydrogen-bond donors (Lipinski definition) is 6. The Hall–Kier alpha value is -3.54. The minimum atomic E-state index is -2.34. The third-order valence-corrected chi connectivity index (χ3v) is 14.3. The lowest BCUT2D eigenvalue weighted by atomic mass is 9.74. The fourth-order valence-corrected chi connectivity index (χ4v) is 10.0. The van der Waals surface area contributed by atoms with Crippen LogP contribution in [0, 0.1) is 23.7 Å². The van der Waals surface area contributed by atoms with E-state index in [-0.39, 0.29) is 54.7 Å². The van der Waals surface area contributed by atoms with Crippen LogP contribution in [0.15, 0.2) is 12.1 Å². The van der Waals surface area contributed by atoms with Crippen molar-refractivity contribution in [2.45, 2.75) is 172 Å². The molecule has 20 nitrogen and oxygen atoms in total. The maximum atomic E-state index is 14.7. The quantitative estimate of drug-likeness (QED) is 0.0882. The van der Waals surface area contributed by atoms with E-state index in [1.54, 1.807) is 27.7 Å². The van der Waals surface area contributed by atoms with Gasteiger partial charge < -0.3 is 78.4 Å². The Balaban J connectivity index is 1.78. The van der Waals surface area contributed by atoms with E-state index in [0.717, 1.165) is 0 Å². The van der Waals surface area contributed by atoms with Crippen molar-refractivity contribution in [2.75, 3.05) is 49.1 Å². The number of benzene rings is 1. The van der Waals surface area contributed by atoms with Gasteiger partial charge >= 0.3 is 5.97 Å². The van der Waals surface area contributed by atoms with Gasteiger partial charge in [-0.05, 0) is 80.6 Å². The lowest BCUT2D eigenvalue weighted by Crippen LogP contribution is -2.61. The van der Waals surface area contributed by atoms with Crippen molar-refractivity contribution < 1.29 is 87.3 Å². The molecule has 3 fully saturated rings. The Bertz CT molecular complexity index is 1870. The van der Waals surface area contributed by atoms with Crippen molar-refractivity contribution >= 4 is 23.4 Å². The number of cyclic esters (lactones) is 1. The number of nitrogens with zero attached hydrogens (tertiary/aromatic N) is 1. The first-order chi connectivity index (χ1) is 31.6. The zero-order chi connectivity index (χ0) is 51.4. The molecule has 1 aromatic rings. The number of Topliss-reactive ketones (excluding diaryl/α,β-unsaturated/α-hetero) is 2. The summed E-state index contributed by atoms with van der Waals surface area (Å²) < 4.78 is 53.5. The van der Waals surface area contributed by atoms with Gasteiger partial charge in [0.1, 0.15) is 29.7 Å². The molecule has 0 spiro atoms.